The molecule has 11 heteroatoms. The Bertz CT molecular complexity index is 850. The predicted octanol–water partition coefficient (Wildman–Crippen LogP) is 6.00. The van der Waals surface area contributed by atoms with Crippen LogP contribution in [0, 0.1) is 5.82 Å². The third kappa shape index (κ3) is 5.70. The van der Waals surface area contributed by atoms with E-state index in [1.807, 2.05) is 0 Å². The molecule has 27 heavy (non-hydrogen) atoms. The van der Waals surface area contributed by atoms with Crippen molar-refractivity contribution in [3.63, 3.8) is 0 Å². The van der Waals surface area contributed by atoms with Crippen LogP contribution in [-0.4, -0.2) is 5.11 Å². The molecular formula is C16H10ClF7N2S. The van der Waals surface area contributed by atoms with E-state index in [9.17, 15) is 30.7 Å². The number of hydrogen-bond acceptors (Lipinski definition) is 1. The molecule has 0 amide bonds. The summed E-state index contributed by atoms with van der Waals surface area (Å²) in [5.41, 5.74) is -2.31. The zero-order chi connectivity index (χ0) is 20.4. The normalized spacial score (nSPS) is 12.0. The van der Waals surface area contributed by atoms with Crippen LogP contribution in [0.15, 0.2) is 36.4 Å². The van der Waals surface area contributed by atoms with Gasteiger partial charge in [-0.2, -0.15) is 26.3 Å². The highest BCUT2D eigenvalue weighted by atomic mass is 35.5. The Morgan fingerprint density at radius 3 is 2.19 bits per heavy atom. The molecule has 2 nitrogen and oxygen atoms in total. The third-order valence-electron chi connectivity index (χ3n) is 3.35. The Hall–Kier alpha value is -2.07. The van der Waals surface area contributed by atoms with Crippen LogP contribution in [0.3, 0.4) is 0 Å². The van der Waals surface area contributed by atoms with E-state index in [0.717, 1.165) is 18.2 Å². The van der Waals surface area contributed by atoms with Crippen LogP contribution in [-0.2, 0) is 18.9 Å². The SMILES string of the molecule is Fc1cc(C(F)(F)F)ccc1CNC(=S)Nc1ccc(Cl)c(C(F)(F)F)c1. The molecule has 2 N–H and O–H groups in total. The molecule has 0 saturated heterocycles. The van der Waals surface area contributed by atoms with E-state index in [2.05, 4.69) is 10.6 Å². The molecule has 2 aromatic carbocycles. The number of rotatable bonds is 3. The van der Waals surface area contributed by atoms with Crippen LogP contribution in [0.2, 0.25) is 5.02 Å². The summed E-state index contributed by atoms with van der Waals surface area (Å²) >= 11 is 10.4. The van der Waals surface area contributed by atoms with Gasteiger partial charge in [-0.1, -0.05) is 17.7 Å². The van der Waals surface area contributed by atoms with Gasteiger partial charge in [0.15, 0.2) is 5.11 Å². The summed E-state index contributed by atoms with van der Waals surface area (Å²) in [5, 5.41) is 4.33. The molecule has 0 bridgehead atoms. The Kier molecular flexibility index (Phi) is 6.21. The number of halogens is 8. The van der Waals surface area contributed by atoms with Crippen LogP contribution in [0.25, 0.3) is 0 Å². The lowest BCUT2D eigenvalue weighted by molar-refractivity contribution is -0.138. The molecule has 146 valence electrons. The van der Waals surface area contributed by atoms with Crippen molar-refractivity contribution in [3.8, 4) is 0 Å². The van der Waals surface area contributed by atoms with Gasteiger partial charge in [0.25, 0.3) is 0 Å². The Morgan fingerprint density at radius 1 is 0.963 bits per heavy atom. The fourth-order valence-electron chi connectivity index (χ4n) is 2.04. The first kappa shape index (κ1) is 21.2. The molecule has 0 atom stereocenters. The van der Waals surface area contributed by atoms with Gasteiger partial charge in [-0.25, -0.2) is 4.39 Å². The van der Waals surface area contributed by atoms with E-state index in [0.29, 0.717) is 12.1 Å². The molecule has 0 saturated carbocycles. The Balaban J connectivity index is 2.03. The van der Waals surface area contributed by atoms with Crippen LogP contribution >= 0.6 is 23.8 Å². The number of hydrogen-bond donors (Lipinski definition) is 2. The summed E-state index contributed by atoms with van der Waals surface area (Å²) < 4.78 is 89.7. The minimum Gasteiger partial charge on any atom is -0.358 e. The average molecular weight is 431 g/mol. The molecule has 0 aliphatic heterocycles. The maximum atomic E-state index is 13.7. The lowest BCUT2D eigenvalue weighted by Gasteiger charge is -2.14. The molecule has 2 aromatic rings. The molecule has 0 aliphatic rings. The van der Waals surface area contributed by atoms with Gasteiger partial charge in [0.1, 0.15) is 5.82 Å². The van der Waals surface area contributed by atoms with Crippen molar-refractivity contribution >= 4 is 34.6 Å². The van der Waals surface area contributed by atoms with Crippen molar-refractivity contribution in [1.29, 1.82) is 0 Å². The highest BCUT2D eigenvalue weighted by Gasteiger charge is 2.33. The first-order chi connectivity index (χ1) is 12.4. The van der Waals surface area contributed by atoms with Crippen LogP contribution in [0.4, 0.5) is 36.4 Å². The summed E-state index contributed by atoms with van der Waals surface area (Å²) in [5.74, 6) is -1.09. The van der Waals surface area contributed by atoms with Crippen molar-refractivity contribution < 1.29 is 30.7 Å². The monoisotopic (exact) mass is 430 g/mol. The number of thiocarbonyl (C=S) groups is 1. The predicted molar refractivity (Wildman–Crippen MR) is 90.9 cm³/mol. The maximum Gasteiger partial charge on any atom is 0.417 e. The number of anilines is 1. The summed E-state index contributed by atoms with van der Waals surface area (Å²) in [6.45, 7) is -0.268. The van der Waals surface area contributed by atoms with Crippen molar-refractivity contribution in [2.75, 3.05) is 5.32 Å². The van der Waals surface area contributed by atoms with Crippen molar-refractivity contribution in [2.45, 2.75) is 18.9 Å². The summed E-state index contributed by atoms with van der Waals surface area (Å²) in [4.78, 5) is 0. The summed E-state index contributed by atoms with van der Waals surface area (Å²) in [6, 6.07) is 5.04. The van der Waals surface area contributed by atoms with Gasteiger partial charge in [-0.3, -0.25) is 0 Å². The molecule has 0 aromatic heterocycles. The highest BCUT2D eigenvalue weighted by Crippen LogP contribution is 2.36. The standard InChI is InChI=1S/C16H10ClF7N2S/c17-12-4-3-10(6-11(12)16(22,23)24)26-14(27)25-7-8-1-2-9(5-13(8)18)15(19,20)21/h1-6H,7H2,(H2,25,26,27). The molecule has 0 radical (unpaired) electrons. The molecule has 0 heterocycles. The van der Waals surface area contributed by atoms with Crippen LogP contribution in [0.5, 0.6) is 0 Å². The number of alkyl halides is 6. The minimum atomic E-state index is -4.67. The van der Waals surface area contributed by atoms with Gasteiger partial charge in [0.05, 0.1) is 16.1 Å². The van der Waals surface area contributed by atoms with Crippen molar-refractivity contribution in [2.24, 2.45) is 0 Å². The van der Waals surface area contributed by atoms with Crippen LogP contribution in [0.1, 0.15) is 16.7 Å². The zero-order valence-corrected chi connectivity index (χ0v) is 14.7. The summed E-state index contributed by atoms with van der Waals surface area (Å²) in [6.07, 6.45) is -9.33. The van der Waals surface area contributed by atoms with E-state index in [-0.39, 0.29) is 22.9 Å². The quantitative estimate of drug-likeness (QED) is 0.461. The molecule has 0 fully saturated rings. The summed E-state index contributed by atoms with van der Waals surface area (Å²) in [7, 11) is 0. The van der Waals surface area contributed by atoms with E-state index in [1.165, 1.54) is 6.07 Å². The van der Waals surface area contributed by atoms with Gasteiger partial charge in [-0.05, 0) is 42.5 Å². The van der Waals surface area contributed by atoms with E-state index < -0.39 is 34.3 Å². The fraction of sp³-hybridized carbons (Fsp3) is 0.188. The van der Waals surface area contributed by atoms with E-state index >= 15 is 0 Å². The van der Waals surface area contributed by atoms with Gasteiger partial charge >= 0.3 is 12.4 Å². The van der Waals surface area contributed by atoms with Gasteiger partial charge in [0, 0.05) is 17.8 Å². The maximum absolute atomic E-state index is 13.7. The number of nitrogens with one attached hydrogen (secondary N) is 2. The van der Waals surface area contributed by atoms with Crippen LogP contribution < -0.4 is 10.6 Å². The lowest BCUT2D eigenvalue weighted by atomic mass is 10.1. The van der Waals surface area contributed by atoms with E-state index in [1.54, 1.807) is 0 Å². The molecule has 2 rings (SSSR count). The third-order valence-corrected chi connectivity index (χ3v) is 3.93. The van der Waals surface area contributed by atoms with E-state index in [4.69, 9.17) is 23.8 Å². The smallest absolute Gasteiger partial charge is 0.358 e. The zero-order valence-electron chi connectivity index (χ0n) is 13.1. The van der Waals surface area contributed by atoms with Gasteiger partial charge < -0.3 is 10.6 Å². The molecular weight excluding hydrogens is 421 g/mol. The van der Waals surface area contributed by atoms with Crippen molar-refractivity contribution in [3.05, 3.63) is 63.9 Å². The fourth-order valence-corrected chi connectivity index (χ4v) is 2.45. The Morgan fingerprint density at radius 2 is 1.63 bits per heavy atom. The largest absolute Gasteiger partial charge is 0.417 e. The molecule has 0 unspecified atom stereocenters. The first-order valence-corrected chi connectivity index (χ1v) is 7.94. The highest BCUT2D eigenvalue weighted by molar-refractivity contribution is 7.80. The first-order valence-electron chi connectivity index (χ1n) is 7.15. The molecule has 0 aliphatic carbocycles. The van der Waals surface area contributed by atoms with Crippen molar-refractivity contribution in [1.82, 2.24) is 5.32 Å². The van der Waals surface area contributed by atoms with Gasteiger partial charge in [0.2, 0.25) is 0 Å². The topological polar surface area (TPSA) is 24.1 Å². The Labute approximate surface area is 159 Å². The van der Waals surface area contributed by atoms with Gasteiger partial charge in [-0.15, -0.1) is 0 Å². The second-order valence-electron chi connectivity index (χ2n) is 5.30. The minimum absolute atomic E-state index is 0.0166. The second-order valence-corrected chi connectivity index (χ2v) is 6.12. The number of benzene rings is 2. The lowest BCUT2D eigenvalue weighted by Crippen LogP contribution is -2.28. The second kappa shape index (κ2) is 7.89. The average Bonchev–Trinajstić information content (AvgIpc) is 2.53. The molecule has 0 spiro atoms.